The standard InChI is InChI=1S/C20H20FNO3/c1-24-17-10-8-14(13-18(17)25-2)9-11-19(23)22-12-4-6-15-5-3-7-16(21)20(15)22/h3,5,7-11,13H,4,6,12H2,1-2H3/b11-9+. The lowest BCUT2D eigenvalue weighted by Gasteiger charge is -2.28. The van der Waals surface area contributed by atoms with Crippen molar-refractivity contribution in [2.24, 2.45) is 0 Å². The maximum atomic E-state index is 14.2. The highest BCUT2D eigenvalue weighted by Gasteiger charge is 2.24. The first-order valence-corrected chi connectivity index (χ1v) is 8.13. The molecule has 3 rings (SSSR count). The monoisotopic (exact) mass is 341 g/mol. The van der Waals surface area contributed by atoms with E-state index >= 15 is 0 Å². The molecule has 2 aromatic rings. The summed E-state index contributed by atoms with van der Waals surface area (Å²) in [4.78, 5) is 14.1. The van der Waals surface area contributed by atoms with Gasteiger partial charge in [-0.2, -0.15) is 0 Å². The Morgan fingerprint density at radius 2 is 1.96 bits per heavy atom. The summed E-state index contributed by atoms with van der Waals surface area (Å²) < 4.78 is 24.6. The predicted molar refractivity (Wildman–Crippen MR) is 95.7 cm³/mol. The number of anilines is 1. The molecule has 0 bridgehead atoms. The van der Waals surface area contributed by atoms with Crippen LogP contribution in [0.2, 0.25) is 0 Å². The van der Waals surface area contributed by atoms with Gasteiger partial charge in [-0.3, -0.25) is 4.79 Å². The third-order valence-electron chi connectivity index (χ3n) is 4.26. The van der Waals surface area contributed by atoms with Crippen molar-refractivity contribution < 1.29 is 18.7 Å². The highest BCUT2D eigenvalue weighted by molar-refractivity contribution is 6.04. The zero-order valence-electron chi connectivity index (χ0n) is 14.3. The van der Waals surface area contributed by atoms with E-state index in [0.29, 0.717) is 23.7 Å². The molecule has 0 saturated heterocycles. The first-order chi connectivity index (χ1) is 12.1. The number of halogens is 1. The Hall–Kier alpha value is -2.82. The number of benzene rings is 2. The number of nitrogens with zero attached hydrogens (tertiary/aromatic N) is 1. The number of carbonyl (C=O) groups excluding carboxylic acids is 1. The summed E-state index contributed by atoms with van der Waals surface area (Å²) in [5.74, 6) is 0.621. The molecule has 1 aliphatic heterocycles. The Bertz CT molecular complexity index is 817. The quantitative estimate of drug-likeness (QED) is 0.793. The van der Waals surface area contributed by atoms with Gasteiger partial charge in [-0.25, -0.2) is 4.39 Å². The van der Waals surface area contributed by atoms with Crippen LogP contribution in [-0.2, 0) is 11.2 Å². The van der Waals surface area contributed by atoms with Crippen LogP contribution >= 0.6 is 0 Å². The molecule has 0 atom stereocenters. The van der Waals surface area contributed by atoms with E-state index in [2.05, 4.69) is 0 Å². The summed E-state index contributed by atoms with van der Waals surface area (Å²) >= 11 is 0. The zero-order chi connectivity index (χ0) is 17.8. The van der Waals surface area contributed by atoms with Crippen molar-refractivity contribution in [3.63, 3.8) is 0 Å². The zero-order valence-corrected chi connectivity index (χ0v) is 14.3. The first kappa shape index (κ1) is 17.0. The number of rotatable bonds is 4. The van der Waals surface area contributed by atoms with Crippen LogP contribution in [0.25, 0.3) is 6.08 Å². The Balaban J connectivity index is 1.83. The number of hydrogen-bond acceptors (Lipinski definition) is 3. The maximum absolute atomic E-state index is 14.2. The molecule has 0 saturated carbocycles. The summed E-state index contributed by atoms with van der Waals surface area (Å²) in [6, 6.07) is 10.3. The van der Waals surface area contributed by atoms with E-state index in [1.807, 2.05) is 12.1 Å². The fourth-order valence-corrected chi connectivity index (χ4v) is 3.04. The van der Waals surface area contributed by atoms with Crippen molar-refractivity contribution in [1.82, 2.24) is 0 Å². The molecule has 5 heteroatoms. The minimum atomic E-state index is -0.356. The molecule has 25 heavy (non-hydrogen) atoms. The summed E-state index contributed by atoms with van der Waals surface area (Å²) in [5, 5.41) is 0. The smallest absolute Gasteiger partial charge is 0.251 e. The molecule has 0 fully saturated rings. The molecule has 2 aromatic carbocycles. The number of ether oxygens (including phenoxy) is 2. The third kappa shape index (κ3) is 3.50. The molecule has 0 radical (unpaired) electrons. The molecular formula is C20H20FNO3. The maximum Gasteiger partial charge on any atom is 0.251 e. The number of para-hydroxylation sites is 1. The molecule has 0 unspecified atom stereocenters. The van der Waals surface area contributed by atoms with Crippen molar-refractivity contribution in [3.8, 4) is 11.5 Å². The van der Waals surface area contributed by atoms with Crippen molar-refractivity contribution in [2.75, 3.05) is 25.7 Å². The van der Waals surface area contributed by atoms with Crippen molar-refractivity contribution in [2.45, 2.75) is 12.8 Å². The van der Waals surface area contributed by atoms with Gasteiger partial charge in [0.15, 0.2) is 11.5 Å². The van der Waals surface area contributed by atoms with Crippen LogP contribution in [0.1, 0.15) is 17.5 Å². The van der Waals surface area contributed by atoms with Crippen LogP contribution in [0.5, 0.6) is 11.5 Å². The summed E-state index contributed by atoms with van der Waals surface area (Å²) in [7, 11) is 3.13. The normalized spacial score (nSPS) is 13.6. The lowest BCUT2D eigenvalue weighted by molar-refractivity contribution is -0.114. The van der Waals surface area contributed by atoms with E-state index in [0.717, 1.165) is 24.0 Å². The summed E-state index contributed by atoms with van der Waals surface area (Å²) in [6.07, 6.45) is 4.77. The van der Waals surface area contributed by atoms with Gasteiger partial charge in [-0.05, 0) is 48.2 Å². The van der Waals surface area contributed by atoms with Crippen LogP contribution in [0.4, 0.5) is 10.1 Å². The molecule has 1 aliphatic rings. The average Bonchev–Trinajstić information content (AvgIpc) is 2.65. The highest BCUT2D eigenvalue weighted by atomic mass is 19.1. The Kier molecular flexibility index (Phi) is 5.03. The molecule has 130 valence electrons. The molecule has 0 spiro atoms. The van der Waals surface area contributed by atoms with Crippen molar-refractivity contribution in [1.29, 1.82) is 0 Å². The van der Waals surface area contributed by atoms with Gasteiger partial charge < -0.3 is 14.4 Å². The minimum absolute atomic E-state index is 0.235. The Labute approximate surface area is 146 Å². The molecule has 1 heterocycles. The summed E-state index contributed by atoms with van der Waals surface area (Å²) in [6.45, 7) is 0.517. The van der Waals surface area contributed by atoms with Crippen LogP contribution in [0, 0.1) is 5.82 Å². The van der Waals surface area contributed by atoms with E-state index in [-0.39, 0.29) is 11.7 Å². The second-order valence-corrected chi connectivity index (χ2v) is 5.79. The fourth-order valence-electron chi connectivity index (χ4n) is 3.04. The molecule has 0 aliphatic carbocycles. The van der Waals surface area contributed by atoms with Gasteiger partial charge in [-0.15, -0.1) is 0 Å². The van der Waals surface area contributed by atoms with Gasteiger partial charge in [0, 0.05) is 12.6 Å². The molecule has 4 nitrogen and oxygen atoms in total. The lowest BCUT2D eigenvalue weighted by Crippen LogP contribution is -2.35. The number of amides is 1. The number of hydrogen-bond donors (Lipinski definition) is 0. The van der Waals surface area contributed by atoms with Gasteiger partial charge in [-0.1, -0.05) is 18.2 Å². The van der Waals surface area contributed by atoms with Crippen LogP contribution in [0.3, 0.4) is 0 Å². The van der Waals surface area contributed by atoms with E-state index in [1.54, 1.807) is 38.5 Å². The molecule has 0 aromatic heterocycles. The first-order valence-electron chi connectivity index (χ1n) is 8.13. The Morgan fingerprint density at radius 3 is 2.72 bits per heavy atom. The number of fused-ring (bicyclic) bond motifs is 1. The predicted octanol–water partition coefficient (Wildman–Crippen LogP) is 3.84. The van der Waals surface area contributed by atoms with Crippen LogP contribution < -0.4 is 14.4 Å². The highest BCUT2D eigenvalue weighted by Crippen LogP contribution is 2.31. The van der Waals surface area contributed by atoms with Crippen LogP contribution in [0.15, 0.2) is 42.5 Å². The fraction of sp³-hybridized carbons (Fsp3) is 0.250. The summed E-state index contributed by atoms with van der Waals surface area (Å²) in [5.41, 5.74) is 2.08. The molecular weight excluding hydrogens is 321 g/mol. The van der Waals surface area contributed by atoms with Gasteiger partial charge in [0.1, 0.15) is 5.82 Å². The number of carbonyl (C=O) groups is 1. The number of methoxy groups -OCH3 is 2. The number of aryl methyl sites for hydroxylation is 1. The van der Waals surface area contributed by atoms with E-state index < -0.39 is 0 Å². The van der Waals surface area contributed by atoms with E-state index in [4.69, 9.17) is 9.47 Å². The second kappa shape index (κ2) is 7.38. The third-order valence-corrected chi connectivity index (χ3v) is 4.26. The van der Waals surface area contributed by atoms with Gasteiger partial charge in [0.2, 0.25) is 0 Å². The average molecular weight is 341 g/mol. The second-order valence-electron chi connectivity index (χ2n) is 5.79. The molecule has 1 amide bonds. The van der Waals surface area contributed by atoms with Crippen molar-refractivity contribution >= 4 is 17.7 Å². The topological polar surface area (TPSA) is 38.8 Å². The minimum Gasteiger partial charge on any atom is -0.493 e. The SMILES string of the molecule is COc1ccc(/C=C/C(=O)N2CCCc3cccc(F)c32)cc1OC. The molecule has 0 N–H and O–H groups in total. The van der Waals surface area contributed by atoms with Gasteiger partial charge in [0.25, 0.3) is 5.91 Å². The van der Waals surface area contributed by atoms with Crippen LogP contribution in [-0.4, -0.2) is 26.7 Å². The van der Waals surface area contributed by atoms with Crippen molar-refractivity contribution in [3.05, 3.63) is 59.4 Å². The Morgan fingerprint density at radius 1 is 1.16 bits per heavy atom. The largest absolute Gasteiger partial charge is 0.493 e. The van der Waals surface area contributed by atoms with E-state index in [1.165, 1.54) is 17.0 Å². The lowest BCUT2D eigenvalue weighted by atomic mass is 10.0. The van der Waals surface area contributed by atoms with E-state index in [9.17, 15) is 9.18 Å². The van der Waals surface area contributed by atoms with Gasteiger partial charge in [0.05, 0.1) is 19.9 Å². The van der Waals surface area contributed by atoms with Gasteiger partial charge >= 0.3 is 0 Å².